The molecule has 100 valence electrons. The molecule has 5 heteroatoms. The molecule has 1 aromatic rings. The number of hydrogen-bond acceptors (Lipinski definition) is 2. The predicted octanol–water partition coefficient (Wildman–Crippen LogP) is 3.97. The van der Waals surface area contributed by atoms with Crippen molar-refractivity contribution >= 4 is 37.8 Å². The topological polar surface area (TPSA) is 42.2 Å². The lowest BCUT2D eigenvalue weighted by molar-refractivity contribution is 0.0935. The van der Waals surface area contributed by atoms with Crippen LogP contribution in [-0.2, 0) is 0 Å². The van der Waals surface area contributed by atoms with Gasteiger partial charge in [-0.3, -0.25) is 4.79 Å². The van der Waals surface area contributed by atoms with E-state index >= 15 is 0 Å². The van der Waals surface area contributed by atoms with Crippen LogP contribution in [0.1, 0.15) is 36.0 Å². The minimum atomic E-state index is -0.0606. The lowest BCUT2D eigenvalue weighted by atomic mass is 9.80. The summed E-state index contributed by atoms with van der Waals surface area (Å²) in [5, 5.41) is 4.04. The van der Waals surface area contributed by atoms with E-state index in [4.69, 9.17) is 4.42 Å². The molecule has 1 fully saturated rings. The average Bonchev–Trinajstić information content (AvgIpc) is 2.82. The standard InChI is InChI=1S/C13H17Br2NO2/c14-7-9-3-1-2-4-10(9)8-16-13(17)11-5-6-18-12(11)15/h5-6,9-10H,1-4,7-8H2,(H,16,17). The number of hydrogen-bond donors (Lipinski definition) is 1. The predicted molar refractivity (Wildman–Crippen MR) is 78.0 cm³/mol. The highest BCUT2D eigenvalue weighted by Gasteiger charge is 2.25. The first kappa shape index (κ1) is 14.1. The van der Waals surface area contributed by atoms with Crippen LogP contribution >= 0.6 is 31.9 Å². The molecule has 0 bridgehead atoms. The van der Waals surface area contributed by atoms with Crippen LogP contribution in [0.2, 0.25) is 0 Å². The summed E-state index contributed by atoms with van der Waals surface area (Å²) < 4.78 is 5.57. The van der Waals surface area contributed by atoms with E-state index in [1.165, 1.54) is 31.9 Å². The van der Waals surface area contributed by atoms with E-state index < -0.39 is 0 Å². The van der Waals surface area contributed by atoms with Gasteiger partial charge in [-0.05, 0) is 46.7 Å². The monoisotopic (exact) mass is 377 g/mol. The Morgan fingerprint density at radius 1 is 1.39 bits per heavy atom. The second kappa shape index (κ2) is 6.75. The smallest absolute Gasteiger partial charge is 0.255 e. The second-order valence-corrected chi connectivity index (χ2v) is 6.14. The number of carbonyl (C=O) groups excluding carboxylic acids is 1. The van der Waals surface area contributed by atoms with E-state index in [1.807, 2.05) is 0 Å². The fourth-order valence-corrected chi connectivity index (χ4v) is 3.80. The zero-order valence-corrected chi connectivity index (χ0v) is 13.3. The Morgan fingerprint density at radius 3 is 2.72 bits per heavy atom. The van der Waals surface area contributed by atoms with Crippen molar-refractivity contribution in [1.82, 2.24) is 5.32 Å². The third-order valence-corrected chi connectivity index (χ3v) is 5.10. The number of halogens is 2. The number of amides is 1. The van der Waals surface area contributed by atoms with E-state index in [2.05, 4.69) is 37.2 Å². The van der Waals surface area contributed by atoms with E-state index in [0.29, 0.717) is 22.1 Å². The van der Waals surface area contributed by atoms with Crippen molar-refractivity contribution in [2.24, 2.45) is 11.8 Å². The molecular weight excluding hydrogens is 362 g/mol. The van der Waals surface area contributed by atoms with Crippen LogP contribution in [-0.4, -0.2) is 17.8 Å². The number of rotatable bonds is 4. The largest absolute Gasteiger partial charge is 0.457 e. The normalized spacial score (nSPS) is 23.9. The third-order valence-electron chi connectivity index (χ3n) is 3.65. The van der Waals surface area contributed by atoms with Gasteiger partial charge in [-0.2, -0.15) is 0 Å². The van der Waals surface area contributed by atoms with E-state index in [1.54, 1.807) is 6.07 Å². The number of nitrogens with one attached hydrogen (secondary N) is 1. The number of furan rings is 1. The van der Waals surface area contributed by atoms with Gasteiger partial charge >= 0.3 is 0 Å². The summed E-state index contributed by atoms with van der Waals surface area (Å²) in [7, 11) is 0. The van der Waals surface area contributed by atoms with E-state index in [0.717, 1.165) is 11.9 Å². The fourth-order valence-electron chi connectivity index (χ4n) is 2.53. The van der Waals surface area contributed by atoms with Crippen LogP contribution in [0, 0.1) is 11.8 Å². The van der Waals surface area contributed by atoms with Crippen LogP contribution in [0.3, 0.4) is 0 Å². The van der Waals surface area contributed by atoms with Crippen LogP contribution in [0.5, 0.6) is 0 Å². The van der Waals surface area contributed by atoms with Crippen LogP contribution in [0.15, 0.2) is 21.4 Å². The molecule has 1 saturated carbocycles. The van der Waals surface area contributed by atoms with Gasteiger partial charge in [0.15, 0.2) is 4.67 Å². The number of carbonyl (C=O) groups is 1. The fraction of sp³-hybridized carbons (Fsp3) is 0.615. The Balaban J connectivity index is 1.87. The summed E-state index contributed by atoms with van der Waals surface area (Å²) in [4.78, 5) is 12.0. The lowest BCUT2D eigenvalue weighted by Crippen LogP contribution is -2.34. The molecule has 1 heterocycles. The van der Waals surface area contributed by atoms with Crippen LogP contribution < -0.4 is 5.32 Å². The molecular formula is C13H17Br2NO2. The van der Waals surface area contributed by atoms with Crippen molar-refractivity contribution in [1.29, 1.82) is 0 Å². The zero-order chi connectivity index (χ0) is 13.0. The van der Waals surface area contributed by atoms with Gasteiger partial charge in [-0.25, -0.2) is 0 Å². The molecule has 0 radical (unpaired) electrons. The lowest BCUT2D eigenvalue weighted by Gasteiger charge is -2.30. The Morgan fingerprint density at radius 2 is 2.11 bits per heavy atom. The molecule has 1 aromatic heterocycles. The highest BCUT2D eigenvalue weighted by Crippen LogP contribution is 2.30. The van der Waals surface area contributed by atoms with Crippen molar-refractivity contribution in [2.45, 2.75) is 25.7 Å². The van der Waals surface area contributed by atoms with Crippen LogP contribution in [0.4, 0.5) is 0 Å². The highest BCUT2D eigenvalue weighted by molar-refractivity contribution is 9.10. The maximum Gasteiger partial charge on any atom is 0.255 e. The SMILES string of the molecule is O=C(NCC1CCCCC1CBr)c1ccoc1Br. The molecule has 2 atom stereocenters. The molecule has 0 aliphatic heterocycles. The van der Waals surface area contributed by atoms with Gasteiger partial charge in [0, 0.05) is 11.9 Å². The maximum atomic E-state index is 12.0. The Hall–Kier alpha value is -0.290. The first-order chi connectivity index (χ1) is 8.72. The van der Waals surface area contributed by atoms with Gasteiger partial charge in [-0.1, -0.05) is 28.8 Å². The second-order valence-electron chi connectivity index (χ2n) is 4.78. The third kappa shape index (κ3) is 3.38. The molecule has 1 N–H and O–H groups in total. The molecule has 1 aliphatic rings. The average molecular weight is 379 g/mol. The summed E-state index contributed by atoms with van der Waals surface area (Å²) in [5.74, 6) is 1.22. The molecule has 0 aromatic carbocycles. The number of alkyl halides is 1. The Kier molecular flexibility index (Phi) is 5.30. The van der Waals surface area contributed by atoms with Crippen molar-refractivity contribution in [2.75, 3.05) is 11.9 Å². The van der Waals surface area contributed by atoms with E-state index in [-0.39, 0.29) is 5.91 Å². The molecule has 1 aliphatic carbocycles. The summed E-state index contributed by atoms with van der Waals surface area (Å²) in [6.45, 7) is 0.757. The minimum absolute atomic E-state index is 0.0606. The summed E-state index contributed by atoms with van der Waals surface area (Å²) in [5.41, 5.74) is 0.571. The minimum Gasteiger partial charge on any atom is -0.457 e. The molecule has 0 spiro atoms. The van der Waals surface area contributed by atoms with Gasteiger partial charge < -0.3 is 9.73 Å². The Labute approximate surface area is 124 Å². The molecule has 3 nitrogen and oxygen atoms in total. The quantitative estimate of drug-likeness (QED) is 0.805. The molecule has 2 unspecified atom stereocenters. The first-order valence-electron chi connectivity index (χ1n) is 6.29. The first-order valence-corrected chi connectivity index (χ1v) is 8.21. The van der Waals surface area contributed by atoms with Gasteiger partial charge in [-0.15, -0.1) is 0 Å². The summed E-state index contributed by atoms with van der Waals surface area (Å²) in [6, 6.07) is 1.68. The highest BCUT2D eigenvalue weighted by atomic mass is 79.9. The molecule has 18 heavy (non-hydrogen) atoms. The van der Waals surface area contributed by atoms with Gasteiger partial charge in [0.05, 0.1) is 11.8 Å². The van der Waals surface area contributed by atoms with Gasteiger partial charge in [0.2, 0.25) is 0 Å². The van der Waals surface area contributed by atoms with Gasteiger partial charge in [0.25, 0.3) is 5.91 Å². The van der Waals surface area contributed by atoms with Crippen LogP contribution in [0.25, 0.3) is 0 Å². The molecule has 1 amide bonds. The van der Waals surface area contributed by atoms with Crippen molar-refractivity contribution in [3.8, 4) is 0 Å². The van der Waals surface area contributed by atoms with Crippen molar-refractivity contribution in [3.63, 3.8) is 0 Å². The van der Waals surface area contributed by atoms with Gasteiger partial charge in [0.1, 0.15) is 0 Å². The Bertz CT molecular complexity index is 405. The van der Waals surface area contributed by atoms with E-state index in [9.17, 15) is 4.79 Å². The summed E-state index contributed by atoms with van der Waals surface area (Å²) >= 11 is 6.80. The molecule has 2 rings (SSSR count). The van der Waals surface area contributed by atoms with Crippen molar-refractivity contribution in [3.05, 3.63) is 22.6 Å². The summed E-state index contributed by atoms with van der Waals surface area (Å²) in [6.07, 6.45) is 6.58. The van der Waals surface area contributed by atoms with Crippen molar-refractivity contribution < 1.29 is 9.21 Å². The molecule has 0 saturated heterocycles. The maximum absolute atomic E-state index is 12.0. The zero-order valence-electron chi connectivity index (χ0n) is 10.1.